The van der Waals surface area contributed by atoms with E-state index in [0.717, 1.165) is 18.8 Å². The largest absolute Gasteiger partial charge is 0.491 e. The highest BCUT2D eigenvalue weighted by atomic mass is 19.2. The maximum Gasteiger partial charge on any atom is 0.201 e. The van der Waals surface area contributed by atoms with Gasteiger partial charge in [0.15, 0.2) is 23.2 Å². The van der Waals surface area contributed by atoms with Gasteiger partial charge in [-0.25, -0.2) is 13.2 Å². The molecule has 0 amide bonds. The van der Waals surface area contributed by atoms with Crippen LogP contribution in [0.5, 0.6) is 5.75 Å². The quantitative estimate of drug-likeness (QED) is 0.250. The fraction of sp³-hybridized carbons (Fsp3) is 0.600. The molecule has 1 aliphatic heterocycles. The van der Waals surface area contributed by atoms with Crippen molar-refractivity contribution in [2.45, 2.75) is 90.1 Å². The van der Waals surface area contributed by atoms with Gasteiger partial charge in [0.1, 0.15) is 0 Å². The average Bonchev–Trinajstić information content (AvgIpc) is 2.90. The summed E-state index contributed by atoms with van der Waals surface area (Å²) in [6, 6.07) is 5.26. The summed E-state index contributed by atoms with van der Waals surface area (Å²) in [4.78, 5) is 0. The number of rotatable bonds is 9. The Labute approximate surface area is 212 Å². The molecule has 1 heterocycles. The second kappa shape index (κ2) is 12.4. The van der Waals surface area contributed by atoms with Crippen LogP contribution in [0, 0.1) is 35.1 Å². The number of hydrogen-bond donors (Lipinski definition) is 0. The molecule has 2 atom stereocenters. The van der Waals surface area contributed by atoms with E-state index in [9.17, 15) is 8.78 Å². The van der Waals surface area contributed by atoms with Gasteiger partial charge in [-0.3, -0.25) is 0 Å². The van der Waals surface area contributed by atoms with E-state index < -0.39 is 23.3 Å². The summed E-state index contributed by atoms with van der Waals surface area (Å²) in [5.74, 6) is -3.76. The molecule has 36 heavy (non-hydrogen) atoms. The van der Waals surface area contributed by atoms with Crippen LogP contribution in [-0.4, -0.2) is 19.3 Å². The van der Waals surface area contributed by atoms with Gasteiger partial charge in [-0.15, -0.1) is 0 Å². The zero-order chi connectivity index (χ0) is 25.7. The van der Waals surface area contributed by atoms with Crippen molar-refractivity contribution < 1.29 is 27.0 Å². The van der Waals surface area contributed by atoms with Crippen LogP contribution in [-0.2, 0) is 4.74 Å². The zero-order valence-corrected chi connectivity index (χ0v) is 21.4. The third-order valence-corrected chi connectivity index (χ3v) is 8.13. The topological polar surface area (TPSA) is 18.5 Å². The van der Waals surface area contributed by atoms with Crippen LogP contribution in [0.15, 0.2) is 24.3 Å². The van der Waals surface area contributed by atoms with Gasteiger partial charge >= 0.3 is 0 Å². The summed E-state index contributed by atoms with van der Waals surface area (Å²) < 4.78 is 70.3. The standard InChI is InChI=1S/C30H38F4O2/c1-3-5-6-7-19-8-10-20(11-9-19)25-16-12-21(18-36-25)22-13-14-23(28(32)27(22)31)24-15-17-26(35-4-2)30(34)29(24)33/h13-15,17,19-21,25H,3-12,16,18H2,1-2H3. The van der Waals surface area contributed by atoms with E-state index in [4.69, 9.17) is 9.47 Å². The third-order valence-electron chi connectivity index (χ3n) is 8.13. The van der Waals surface area contributed by atoms with E-state index in [1.54, 1.807) is 6.92 Å². The second-order valence-electron chi connectivity index (χ2n) is 10.4. The summed E-state index contributed by atoms with van der Waals surface area (Å²) in [5.41, 5.74) is -0.397. The van der Waals surface area contributed by atoms with Crippen molar-refractivity contribution in [2.75, 3.05) is 13.2 Å². The van der Waals surface area contributed by atoms with Gasteiger partial charge < -0.3 is 9.47 Å². The normalized spacial score (nSPS) is 24.6. The smallest absolute Gasteiger partial charge is 0.201 e. The number of unbranched alkanes of at least 4 members (excludes halogenated alkanes) is 2. The lowest BCUT2D eigenvalue weighted by Crippen LogP contribution is -2.33. The van der Waals surface area contributed by atoms with Crippen LogP contribution in [0.25, 0.3) is 11.1 Å². The minimum atomic E-state index is -1.25. The van der Waals surface area contributed by atoms with Crippen molar-refractivity contribution in [3.63, 3.8) is 0 Å². The molecule has 4 rings (SSSR count). The number of halogens is 4. The summed E-state index contributed by atoms with van der Waals surface area (Å²) >= 11 is 0. The molecule has 1 aliphatic carbocycles. The Morgan fingerprint density at radius 1 is 0.778 bits per heavy atom. The second-order valence-corrected chi connectivity index (χ2v) is 10.4. The SMILES string of the molecule is CCCCCC1CCC(C2CCC(c3ccc(-c4ccc(OCC)c(F)c4F)c(F)c3F)CO2)CC1. The Morgan fingerprint density at radius 2 is 1.47 bits per heavy atom. The first-order valence-electron chi connectivity index (χ1n) is 13.6. The molecular weight excluding hydrogens is 468 g/mol. The lowest BCUT2D eigenvalue weighted by atomic mass is 9.75. The first-order valence-corrected chi connectivity index (χ1v) is 13.6. The molecule has 0 N–H and O–H groups in total. The molecule has 198 valence electrons. The lowest BCUT2D eigenvalue weighted by Gasteiger charge is -2.38. The molecule has 6 heteroatoms. The monoisotopic (exact) mass is 506 g/mol. The molecule has 0 spiro atoms. The van der Waals surface area contributed by atoms with E-state index >= 15 is 8.78 Å². The van der Waals surface area contributed by atoms with Crippen LogP contribution in [0.1, 0.15) is 89.5 Å². The van der Waals surface area contributed by atoms with E-state index in [-0.39, 0.29) is 41.1 Å². The van der Waals surface area contributed by atoms with Crippen molar-refractivity contribution in [1.29, 1.82) is 0 Å². The number of benzene rings is 2. The van der Waals surface area contributed by atoms with Gasteiger partial charge in [0.2, 0.25) is 5.82 Å². The molecule has 0 radical (unpaired) electrons. The van der Waals surface area contributed by atoms with Crippen LogP contribution >= 0.6 is 0 Å². The number of hydrogen-bond acceptors (Lipinski definition) is 2. The van der Waals surface area contributed by atoms with Crippen molar-refractivity contribution in [2.24, 2.45) is 11.8 Å². The molecule has 0 aromatic heterocycles. The van der Waals surface area contributed by atoms with Crippen molar-refractivity contribution in [1.82, 2.24) is 0 Å². The summed E-state index contributed by atoms with van der Waals surface area (Å²) in [7, 11) is 0. The van der Waals surface area contributed by atoms with Gasteiger partial charge in [-0.1, -0.05) is 57.6 Å². The Bertz CT molecular complexity index is 1010. The molecule has 1 saturated heterocycles. The predicted molar refractivity (Wildman–Crippen MR) is 134 cm³/mol. The Kier molecular flexibility index (Phi) is 9.32. The van der Waals surface area contributed by atoms with Gasteiger partial charge in [0.05, 0.1) is 19.3 Å². The molecule has 2 aromatic rings. The third kappa shape index (κ3) is 5.90. The highest BCUT2D eigenvalue weighted by Gasteiger charge is 2.33. The zero-order valence-electron chi connectivity index (χ0n) is 21.4. The minimum Gasteiger partial charge on any atom is -0.491 e. The maximum atomic E-state index is 15.1. The highest BCUT2D eigenvalue weighted by Crippen LogP contribution is 2.41. The fourth-order valence-corrected chi connectivity index (χ4v) is 6.02. The van der Waals surface area contributed by atoms with Crippen molar-refractivity contribution in [3.8, 4) is 16.9 Å². The number of ether oxygens (including phenoxy) is 2. The molecule has 2 unspecified atom stereocenters. The van der Waals surface area contributed by atoms with E-state index in [1.807, 2.05) is 0 Å². The molecule has 1 saturated carbocycles. The van der Waals surface area contributed by atoms with Crippen LogP contribution < -0.4 is 4.74 Å². The summed E-state index contributed by atoms with van der Waals surface area (Å²) in [5, 5.41) is 0. The minimum absolute atomic E-state index is 0.165. The highest BCUT2D eigenvalue weighted by molar-refractivity contribution is 5.66. The maximum absolute atomic E-state index is 15.1. The molecular formula is C30H38F4O2. The predicted octanol–water partition coefficient (Wildman–Crippen LogP) is 8.96. The van der Waals surface area contributed by atoms with E-state index in [1.165, 1.54) is 75.6 Å². The van der Waals surface area contributed by atoms with E-state index in [0.29, 0.717) is 12.5 Å². The molecule has 2 fully saturated rings. The molecule has 2 aliphatic rings. The first-order chi connectivity index (χ1) is 17.4. The Balaban J connectivity index is 1.38. The first kappa shape index (κ1) is 27.0. The van der Waals surface area contributed by atoms with Gasteiger partial charge in [0, 0.05) is 17.0 Å². The molecule has 2 aromatic carbocycles. The van der Waals surface area contributed by atoms with Gasteiger partial charge in [-0.05, 0) is 62.1 Å². The lowest BCUT2D eigenvalue weighted by molar-refractivity contribution is -0.0441. The fourth-order valence-electron chi connectivity index (χ4n) is 6.02. The Morgan fingerprint density at radius 3 is 2.11 bits per heavy atom. The average molecular weight is 507 g/mol. The van der Waals surface area contributed by atoms with Crippen molar-refractivity contribution >= 4 is 0 Å². The molecule has 0 bridgehead atoms. The summed E-state index contributed by atoms with van der Waals surface area (Å²) in [6.45, 7) is 4.40. The van der Waals surface area contributed by atoms with Crippen LogP contribution in [0.4, 0.5) is 17.6 Å². The van der Waals surface area contributed by atoms with Gasteiger partial charge in [0.25, 0.3) is 0 Å². The van der Waals surface area contributed by atoms with Crippen molar-refractivity contribution in [3.05, 3.63) is 53.1 Å². The van der Waals surface area contributed by atoms with Gasteiger partial charge in [-0.2, -0.15) is 4.39 Å². The van der Waals surface area contributed by atoms with Crippen LogP contribution in [0.2, 0.25) is 0 Å². The van der Waals surface area contributed by atoms with E-state index in [2.05, 4.69) is 6.92 Å². The summed E-state index contributed by atoms with van der Waals surface area (Å²) in [6.07, 6.45) is 11.9. The molecule has 2 nitrogen and oxygen atoms in total. The Hall–Kier alpha value is -2.08. The van der Waals surface area contributed by atoms with Crippen LogP contribution in [0.3, 0.4) is 0 Å².